The molecule has 0 heterocycles. The van der Waals surface area contributed by atoms with E-state index >= 15 is 0 Å². The van der Waals surface area contributed by atoms with Crippen LogP contribution in [0.3, 0.4) is 0 Å². The van der Waals surface area contributed by atoms with E-state index in [0.29, 0.717) is 6.42 Å². The summed E-state index contributed by atoms with van der Waals surface area (Å²) in [6, 6.07) is -1.01. The molecule has 5 nitrogen and oxygen atoms in total. The second kappa shape index (κ2) is 15.8. The van der Waals surface area contributed by atoms with Crippen molar-refractivity contribution >= 4 is 17.7 Å². The predicted octanol–water partition coefficient (Wildman–Crippen LogP) is 4.87. The molecule has 0 spiro atoms. The summed E-state index contributed by atoms with van der Waals surface area (Å²) in [4.78, 5) is 34.6. The Labute approximate surface area is 159 Å². The number of rotatable bonds is 17. The lowest BCUT2D eigenvalue weighted by molar-refractivity contribution is -0.145. The van der Waals surface area contributed by atoms with Crippen LogP contribution < -0.4 is 5.32 Å². The van der Waals surface area contributed by atoms with Gasteiger partial charge in [0, 0.05) is 6.42 Å². The molecule has 0 aliphatic rings. The lowest BCUT2D eigenvalue weighted by Gasteiger charge is -2.17. The minimum Gasteiger partial charge on any atom is -0.480 e. The van der Waals surface area contributed by atoms with Gasteiger partial charge >= 0.3 is 5.97 Å². The van der Waals surface area contributed by atoms with Gasteiger partial charge in [-0.05, 0) is 12.3 Å². The van der Waals surface area contributed by atoms with Crippen molar-refractivity contribution in [3.05, 3.63) is 0 Å². The topological polar surface area (TPSA) is 83.5 Å². The fraction of sp³-hybridized carbons (Fsp3) is 0.857. The van der Waals surface area contributed by atoms with Crippen LogP contribution in [0.2, 0.25) is 0 Å². The monoisotopic (exact) mass is 369 g/mol. The molecule has 0 aliphatic carbocycles. The molecular weight excluding hydrogens is 330 g/mol. The summed E-state index contributed by atoms with van der Waals surface area (Å²) in [5.41, 5.74) is 0. The zero-order valence-corrected chi connectivity index (χ0v) is 17.0. The van der Waals surface area contributed by atoms with Gasteiger partial charge in [-0.2, -0.15) is 0 Å². The summed E-state index contributed by atoms with van der Waals surface area (Å²) in [5.74, 6) is -2.64. The van der Waals surface area contributed by atoms with E-state index in [1.807, 2.05) is 0 Å². The molecule has 0 saturated carbocycles. The maximum atomic E-state index is 11.8. The lowest BCUT2D eigenvalue weighted by atomic mass is 10.0. The summed E-state index contributed by atoms with van der Waals surface area (Å²) in [6.07, 6.45) is 14.7. The van der Waals surface area contributed by atoms with Crippen LogP contribution >= 0.6 is 0 Å². The average molecular weight is 370 g/mol. The van der Waals surface area contributed by atoms with E-state index in [4.69, 9.17) is 5.11 Å². The number of unbranched alkanes of at least 4 members (excludes halogenated alkanes) is 11. The molecule has 1 atom stereocenters. The van der Waals surface area contributed by atoms with Gasteiger partial charge in [0.2, 0.25) is 5.78 Å². The molecule has 0 aliphatic heterocycles. The quantitative estimate of drug-likeness (QED) is 0.283. The van der Waals surface area contributed by atoms with Gasteiger partial charge in [-0.3, -0.25) is 9.59 Å². The lowest BCUT2D eigenvalue weighted by Crippen LogP contribution is -2.46. The Balaban J connectivity index is 3.62. The van der Waals surface area contributed by atoms with Crippen LogP contribution in [0, 0.1) is 5.92 Å². The van der Waals surface area contributed by atoms with Crippen LogP contribution in [-0.2, 0) is 14.4 Å². The minimum atomic E-state index is -1.11. The first-order valence-electron chi connectivity index (χ1n) is 10.5. The third-order valence-electron chi connectivity index (χ3n) is 4.73. The molecule has 0 fully saturated rings. The van der Waals surface area contributed by atoms with Crippen LogP contribution in [0.15, 0.2) is 0 Å². The van der Waals surface area contributed by atoms with Gasteiger partial charge in [0.1, 0.15) is 6.04 Å². The molecule has 0 radical (unpaired) electrons. The third-order valence-corrected chi connectivity index (χ3v) is 4.73. The summed E-state index contributed by atoms with van der Waals surface area (Å²) in [5, 5.41) is 11.4. The zero-order valence-electron chi connectivity index (χ0n) is 17.0. The molecule has 0 rings (SSSR count). The molecule has 2 N–H and O–H groups in total. The van der Waals surface area contributed by atoms with E-state index in [2.05, 4.69) is 12.2 Å². The average Bonchev–Trinajstić information content (AvgIpc) is 2.59. The van der Waals surface area contributed by atoms with Gasteiger partial charge in [-0.25, -0.2) is 4.79 Å². The summed E-state index contributed by atoms with van der Waals surface area (Å²) >= 11 is 0. The molecule has 0 bridgehead atoms. The highest BCUT2D eigenvalue weighted by Crippen LogP contribution is 2.12. The van der Waals surface area contributed by atoms with Crippen LogP contribution in [0.25, 0.3) is 0 Å². The van der Waals surface area contributed by atoms with Gasteiger partial charge in [-0.1, -0.05) is 91.4 Å². The van der Waals surface area contributed by atoms with Gasteiger partial charge in [-0.15, -0.1) is 0 Å². The highest BCUT2D eigenvalue weighted by atomic mass is 16.4. The smallest absolute Gasteiger partial charge is 0.326 e. The van der Waals surface area contributed by atoms with Crippen LogP contribution in [0.4, 0.5) is 0 Å². The summed E-state index contributed by atoms with van der Waals surface area (Å²) < 4.78 is 0. The molecular formula is C21H39NO4. The van der Waals surface area contributed by atoms with Crippen LogP contribution in [0.5, 0.6) is 0 Å². The van der Waals surface area contributed by atoms with Gasteiger partial charge in [0.05, 0.1) is 0 Å². The molecule has 26 heavy (non-hydrogen) atoms. The number of aliphatic carboxylic acids is 1. The Morgan fingerprint density at radius 3 is 1.58 bits per heavy atom. The van der Waals surface area contributed by atoms with Crippen molar-refractivity contribution in [1.29, 1.82) is 0 Å². The highest BCUT2D eigenvalue weighted by molar-refractivity contribution is 6.36. The van der Waals surface area contributed by atoms with Crippen molar-refractivity contribution in [3.63, 3.8) is 0 Å². The molecule has 1 unspecified atom stereocenters. The Hall–Kier alpha value is -1.39. The normalized spacial score (nSPS) is 12.2. The maximum absolute atomic E-state index is 11.8. The first-order chi connectivity index (χ1) is 12.4. The number of hydrogen-bond acceptors (Lipinski definition) is 3. The maximum Gasteiger partial charge on any atom is 0.326 e. The number of ketones is 1. The Morgan fingerprint density at radius 2 is 1.19 bits per heavy atom. The predicted molar refractivity (Wildman–Crippen MR) is 105 cm³/mol. The Kier molecular flexibility index (Phi) is 15.0. The Morgan fingerprint density at radius 1 is 0.769 bits per heavy atom. The second-order valence-corrected chi connectivity index (χ2v) is 7.60. The summed E-state index contributed by atoms with van der Waals surface area (Å²) in [7, 11) is 0. The number of nitrogens with one attached hydrogen (secondary N) is 1. The van der Waals surface area contributed by atoms with Crippen LogP contribution in [-0.4, -0.2) is 28.8 Å². The number of carboxylic acid groups (broad SMARTS) is 1. The Bertz CT molecular complexity index is 407. The van der Waals surface area contributed by atoms with E-state index in [9.17, 15) is 14.4 Å². The molecule has 5 heteroatoms. The van der Waals surface area contributed by atoms with Crippen LogP contribution in [0.1, 0.15) is 104 Å². The number of hydrogen-bond donors (Lipinski definition) is 2. The van der Waals surface area contributed by atoms with E-state index in [0.717, 1.165) is 12.8 Å². The third kappa shape index (κ3) is 12.9. The van der Waals surface area contributed by atoms with Crippen molar-refractivity contribution in [3.8, 4) is 0 Å². The summed E-state index contributed by atoms with van der Waals surface area (Å²) in [6.45, 7) is 5.64. The number of carboxylic acids is 1. The zero-order chi connectivity index (χ0) is 19.8. The SMILES string of the molecule is CCCCCCCCCCCCCCC(=O)C(=O)NC(C(=O)O)C(C)C. The standard InChI is InChI=1S/C21H39NO4/c1-4-5-6-7-8-9-10-11-12-13-14-15-16-18(23)20(24)22-19(17(2)3)21(25)26/h17,19H,4-16H2,1-3H3,(H,22,24)(H,25,26). The van der Waals surface area contributed by atoms with Crippen molar-refractivity contribution in [2.75, 3.05) is 0 Å². The van der Waals surface area contributed by atoms with Crippen molar-refractivity contribution in [1.82, 2.24) is 5.32 Å². The molecule has 152 valence electrons. The van der Waals surface area contributed by atoms with E-state index < -0.39 is 23.7 Å². The number of carbonyl (C=O) groups is 3. The molecule has 0 aromatic carbocycles. The fourth-order valence-corrected chi connectivity index (χ4v) is 2.98. The van der Waals surface area contributed by atoms with E-state index in [1.165, 1.54) is 57.8 Å². The van der Waals surface area contributed by atoms with E-state index in [1.54, 1.807) is 13.8 Å². The minimum absolute atomic E-state index is 0.202. The first-order valence-corrected chi connectivity index (χ1v) is 10.5. The van der Waals surface area contributed by atoms with Crippen molar-refractivity contribution in [2.45, 2.75) is 110 Å². The van der Waals surface area contributed by atoms with Crippen molar-refractivity contribution < 1.29 is 19.5 Å². The largest absolute Gasteiger partial charge is 0.480 e. The number of Topliss-reactive ketones (excluding diaryl/α,β-unsaturated/α-hetero) is 1. The molecule has 0 saturated heterocycles. The van der Waals surface area contributed by atoms with Gasteiger partial charge < -0.3 is 10.4 Å². The number of carbonyl (C=O) groups excluding carboxylic acids is 2. The molecule has 0 aromatic heterocycles. The van der Waals surface area contributed by atoms with Crippen molar-refractivity contribution in [2.24, 2.45) is 5.92 Å². The number of amides is 1. The molecule has 1 amide bonds. The van der Waals surface area contributed by atoms with E-state index in [-0.39, 0.29) is 12.3 Å². The highest BCUT2D eigenvalue weighted by Gasteiger charge is 2.25. The second-order valence-electron chi connectivity index (χ2n) is 7.60. The molecule has 0 aromatic rings. The first kappa shape index (κ1) is 24.6. The fourth-order valence-electron chi connectivity index (χ4n) is 2.98. The van der Waals surface area contributed by atoms with Gasteiger partial charge in [0.15, 0.2) is 0 Å². The van der Waals surface area contributed by atoms with Gasteiger partial charge in [0.25, 0.3) is 5.91 Å².